The summed E-state index contributed by atoms with van der Waals surface area (Å²) < 4.78 is 13.5. The lowest BCUT2D eigenvalue weighted by Gasteiger charge is -2.25. The van der Waals surface area contributed by atoms with Crippen LogP contribution in [-0.4, -0.2) is 30.6 Å². The second-order valence-electron chi connectivity index (χ2n) is 5.04. The lowest BCUT2D eigenvalue weighted by Crippen LogP contribution is -2.38. The van der Waals surface area contributed by atoms with Crippen molar-refractivity contribution >= 4 is 0 Å². The first kappa shape index (κ1) is 12.5. The summed E-state index contributed by atoms with van der Waals surface area (Å²) in [6, 6.07) is 8.16. The molecule has 1 aliphatic carbocycles. The molecule has 1 aromatic rings. The molecule has 17 heavy (non-hydrogen) atoms. The summed E-state index contributed by atoms with van der Waals surface area (Å²) in [5, 5.41) is 3.50. The van der Waals surface area contributed by atoms with E-state index < -0.39 is 0 Å². The molecule has 1 aromatic carbocycles. The molecule has 0 saturated heterocycles. The Morgan fingerprint density at radius 2 is 2.12 bits per heavy atom. The number of benzene rings is 1. The molecule has 1 saturated carbocycles. The number of likely N-dealkylation sites (N-methyl/N-ethyl adjacent to an activating group) is 1. The Bertz CT molecular complexity index is 363. The van der Waals surface area contributed by atoms with Crippen molar-refractivity contribution in [3.63, 3.8) is 0 Å². The highest BCUT2D eigenvalue weighted by Crippen LogP contribution is 2.18. The molecule has 1 atom stereocenters. The Labute approximate surface area is 103 Å². The van der Waals surface area contributed by atoms with Crippen molar-refractivity contribution < 1.29 is 4.39 Å². The first-order valence-electron chi connectivity index (χ1n) is 6.34. The second-order valence-corrected chi connectivity index (χ2v) is 5.04. The monoisotopic (exact) mass is 236 g/mol. The fourth-order valence-electron chi connectivity index (χ4n) is 1.83. The smallest absolute Gasteiger partial charge is 0.127 e. The van der Waals surface area contributed by atoms with Gasteiger partial charge in [-0.25, -0.2) is 4.39 Å². The first-order chi connectivity index (χ1) is 8.16. The van der Waals surface area contributed by atoms with E-state index in [9.17, 15) is 4.39 Å². The van der Waals surface area contributed by atoms with Crippen LogP contribution >= 0.6 is 0 Å². The zero-order chi connectivity index (χ0) is 12.3. The molecule has 2 nitrogen and oxygen atoms in total. The Hall–Kier alpha value is -0.930. The highest BCUT2D eigenvalue weighted by molar-refractivity contribution is 5.17. The van der Waals surface area contributed by atoms with E-state index in [1.54, 1.807) is 6.07 Å². The standard InChI is InChI=1S/C14H21FN2/c1-11(9-16-13-7-8-13)17(2)10-12-5-3-4-6-14(12)15/h3-6,11,13,16H,7-10H2,1-2H3. The maximum absolute atomic E-state index is 13.5. The van der Waals surface area contributed by atoms with E-state index >= 15 is 0 Å². The van der Waals surface area contributed by atoms with Crippen LogP contribution in [0.5, 0.6) is 0 Å². The van der Waals surface area contributed by atoms with Crippen molar-refractivity contribution in [1.82, 2.24) is 10.2 Å². The summed E-state index contributed by atoms with van der Waals surface area (Å²) in [6.45, 7) is 3.83. The van der Waals surface area contributed by atoms with Crippen molar-refractivity contribution in [3.05, 3.63) is 35.6 Å². The van der Waals surface area contributed by atoms with Gasteiger partial charge in [0.1, 0.15) is 5.82 Å². The summed E-state index contributed by atoms with van der Waals surface area (Å²) in [6.07, 6.45) is 2.62. The molecule has 0 aliphatic heterocycles. The van der Waals surface area contributed by atoms with Crippen LogP contribution in [0.1, 0.15) is 25.3 Å². The molecule has 2 rings (SSSR count). The molecule has 94 valence electrons. The van der Waals surface area contributed by atoms with Crippen molar-refractivity contribution in [3.8, 4) is 0 Å². The van der Waals surface area contributed by atoms with Crippen LogP contribution in [0.25, 0.3) is 0 Å². The minimum absolute atomic E-state index is 0.110. The molecule has 0 amide bonds. The fraction of sp³-hybridized carbons (Fsp3) is 0.571. The molecular formula is C14H21FN2. The molecule has 0 radical (unpaired) electrons. The van der Waals surface area contributed by atoms with E-state index in [-0.39, 0.29) is 5.82 Å². The van der Waals surface area contributed by atoms with Gasteiger partial charge in [0.05, 0.1) is 0 Å². The third kappa shape index (κ3) is 3.79. The van der Waals surface area contributed by atoms with Gasteiger partial charge < -0.3 is 5.32 Å². The third-order valence-corrected chi connectivity index (χ3v) is 3.41. The Morgan fingerprint density at radius 1 is 1.41 bits per heavy atom. The van der Waals surface area contributed by atoms with Gasteiger partial charge in [-0.15, -0.1) is 0 Å². The summed E-state index contributed by atoms with van der Waals surface area (Å²) in [7, 11) is 2.05. The maximum atomic E-state index is 13.5. The van der Waals surface area contributed by atoms with Crippen molar-refractivity contribution in [2.24, 2.45) is 0 Å². The van der Waals surface area contributed by atoms with E-state index in [0.29, 0.717) is 12.6 Å². The molecule has 1 aliphatic rings. The van der Waals surface area contributed by atoms with Gasteiger partial charge >= 0.3 is 0 Å². The van der Waals surface area contributed by atoms with Crippen molar-refractivity contribution in [2.75, 3.05) is 13.6 Å². The number of hydrogen-bond acceptors (Lipinski definition) is 2. The van der Waals surface area contributed by atoms with Gasteiger partial charge in [0.15, 0.2) is 0 Å². The van der Waals surface area contributed by atoms with Crippen LogP contribution in [-0.2, 0) is 6.54 Å². The van der Waals surface area contributed by atoms with Gasteiger partial charge in [0, 0.05) is 30.7 Å². The average Bonchev–Trinajstić information content (AvgIpc) is 3.13. The normalized spacial score (nSPS) is 17.4. The van der Waals surface area contributed by atoms with Crippen LogP contribution < -0.4 is 5.32 Å². The van der Waals surface area contributed by atoms with E-state index in [0.717, 1.165) is 18.2 Å². The number of nitrogens with one attached hydrogen (secondary N) is 1. The average molecular weight is 236 g/mol. The molecule has 3 heteroatoms. The van der Waals surface area contributed by atoms with Gasteiger partial charge in [-0.1, -0.05) is 18.2 Å². The fourth-order valence-corrected chi connectivity index (χ4v) is 1.83. The molecule has 1 N–H and O–H groups in total. The van der Waals surface area contributed by atoms with E-state index in [4.69, 9.17) is 0 Å². The van der Waals surface area contributed by atoms with Gasteiger partial charge in [-0.3, -0.25) is 4.90 Å². The molecule has 1 unspecified atom stereocenters. The number of halogens is 1. The second kappa shape index (κ2) is 5.61. The zero-order valence-electron chi connectivity index (χ0n) is 10.6. The Kier molecular flexibility index (Phi) is 4.13. The minimum atomic E-state index is -0.110. The summed E-state index contributed by atoms with van der Waals surface area (Å²) in [5.74, 6) is -0.110. The molecule has 0 heterocycles. The quantitative estimate of drug-likeness (QED) is 0.816. The predicted molar refractivity (Wildman–Crippen MR) is 68.4 cm³/mol. The Morgan fingerprint density at radius 3 is 2.76 bits per heavy atom. The molecule has 0 aromatic heterocycles. The maximum Gasteiger partial charge on any atom is 0.127 e. The largest absolute Gasteiger partial charge is 0.312 e. The van der Waals surface area contributed by atoms with Crippen LogP contribution in [0.15, 0.2) is 24.3 Å². The molecule has 0 spiro atoms. The van der Waals surface area contributed by atoms with Gasteiger partial charge in [-0.05, 0) is 32.9 Å². The summed E-state index contributed by atoms with van der Waals surface area (Å²) in [5.41, 5.74) is 0.772. The Balaban J connectivity index is 1.82. The predicted octanol–water partition coefficient (Wildman–Crippen LogP) is 2.40. The van der Waals surface area contributed by atoms with Gasteiger partial charge in [0.2, 0.25) is 0 Å². The number of hydrogen-bond donors (Lipinski definition) is 1. The molecular weight excluding hydrogens is 215 g/mol. The topological polar surface area (TPSA) is 15.3 Å². The molecule has 1 fully saturated rings. The van der Waals surface area contributed by atoms with E-state index in [1.165, 1.54) is 18.9 Å². The van der Waals surface area contributed by atoms with Gasteiger partial charge in [-0.2, -0.15) is 0 Å². The van der Waals surface area contributed by atoms with Crippen LogP contribution in [0.3, 0.4) is 0 Å². The van der Waals surface area contributed by atoms with Crippen molar-refractivity contribution in [1.29, 1.82) is 0 Å². The highest BCUT2D eigenvalue weighted by atomic mass is 19.1. The van der Waals surface area contributed by atoms with Gasteiger partial charge in [0.25, 0.3) is 0 Å². The SMILES string of the molecule is CC(CNC1CC1)N(C)Cc1ccccc1F. The van der Waals surface area contributed by atoms with E-state index in [2.05, 4.69) is 17.1 Å². The minimum Gasteiger partial charge on any atom is -0.312 e. The molecule has 0 bridgehead atoms. The van der Waals surface area contributed by atoms with Crippen molar-refractivity contribution in [2.45, 2.75) is 38.4 Å². The first-order valence-corrected chi connectivity index (χ1v) is 6.34. The highest BCUT2D eigenvalue weighted by Gasteiger charge is 2.21. The van der Waals surface area contributed by atoms with Crippen LogP contribution in [0.2, 0.25) is 0 Å². The summed E-state index contributed by atoms with van der Waals surface area (Å²) in [4.78, 5) is 2.19. The third-order valence-electron chi connectivity index (χ3n) is 3.41. The number of nitrogens with zero attached hydrogens (tertiary/aromatic N) is 1. The lowest BCUT2D eigenvalue weighted by molar-refractivity contribution is 0.239. The summed E-state index contributed by atoms with van der Waals surface area (Å²) >= 11 is 0. The van der Waals surface area contributed by atoms with E-state index in [1.807, 2.05) is 19.2 Å². The zero-order valence-corrected chi connectivity index (χ0v) is 10.6. The van der Waals surface area contributed by atoms with Crippen LogP contribution in [0.4, 0.5) is 4.39 Å². The van der Waals surface area contributed by atoms with Crippen LogP contribution in [0, 0.1) is 5.82 Å². The number of rotatable bonds is 6. The lowest BCUT2D eigenvalue weighted by atomic mass is 10.2.